The highest BCUT2D eigenvalue weighted by Crippen LogP contribution is 2.36. The van der Waals surface area contributed by atoms with Crippen LogP contribution in [-0.4, -0.2) is 25.7 Å². The van der Waals surface area contributed by atoms with Gasteiger partial charge in [-0.25, -0.2) is 4.39 Å². The molecule has 1 atom stereocenters. The van der Waals surface area contributed by atoms with Crippen molar-refractivity contribution in [2.24, 2.45) is 0 Å². The van der Waals surface area contributed by atoms with Crippen LogP contribution >= 0.6 is 11.6 Å². The summed E-state index contributed by atoms with van der Waals surface area (Å²) in [5.74, 6) is -0.303. The lowest BCUT2D eigenvalue weighted by Gasteiger charge is -2.32. The van der Waals surface area contributed by atoms with Gasteiger partial charge < -0.3 is 10.2 Å². The van der Waals surface area contributed by atoms with E-state index in [1.54, 1.807) is 12.1 Å². The fourth-order valence-electron chi connectivity index (χ4n) is 2.52. The summed E-state index contributed by atoms with van der Waals surface area (Å²) in [6.07, 6.45) is 0.927. The summed E-state index contributed by atoms with van der Waals surface area (Å²) < 4.78 is 13.3. The summed E-state index contributed by atoms with van der Waals surface area (Å²) in [5.41, 5.74) is 2.21. The summed E-state index contributed by atoms with van der Waals surface area (Å²) in [6, 6.07) is 3.82. The number of benzene rings is 1. The Morgan fingerprint density at radius 2 is 2.33 bits per heavy atom. The minimum atomic E-state index is -0.303. The summed E-state index contributed by atoms with van der Waals surface area (Å²) in [4.78, 5) is 2.33. The van der Waals surface area contributed by atoms with E-state index in [0.29, 0.717) is 6.04 Å². The predicted molar refractivity (Wildman–Crippen MR) is 59.1 cm³/mol. The molecule has 0 aliphatic carbocycles. The first-order valence-electron chi connectivity index (χ1n) is 5.21. The molecule has 0 amide bonds. The van der Waals surface area contributed by atoms with Crippen LogP contribution in [0.5, 0.6) is 0 Å². The molecule has 1 N–H and O–H groups in total. The Kier molecular flexibility index (Phi) is 2.11. The Morgan fingerprint density at radius 1 is 1.47 bits per heavy atom. The number of halogens is 2. The van der Waals surface area contributed by atoms with E-state index in [2.05, 4.69) is 10.2 Å². The Hall–Kier alpha value is -0.800. The lowest BCUT2D eigenvalue weighted by Crippen LogP contribution is -2.49. The molecular weight excluding hydrogens is 215 g/mol. The molecule has 1 unspecified atom stereocenters. The van der Waals surface area contributed by atoms with E-state index in [-0.39, 0.29) is 10.8 Å². The third kappa shape index (κ3) is 1.42. The van der Waals surface area contributed by atoms with Crippen molar-refractivity contribution in [1.82, 2.24) is 5.32 Å². The Labute approximate surface area is 93.0 Å². The van der Waals surface area contributed by atoms with E-state index in [1.807, 2.05) is 0 Å². The molecule has 2 heterocycles. The van der Waals surface area contributed by atoms with Crippen molar-refractivity contribution in [3.8, 4) is 0 Å². The second-order valence-electron chi connectivity index (χ2n) is 4.15. The van der Waals surface area contributed by atoms with Gasteiger partial charge in [0.25, 0.3) is 0 Å². The Balaban J connectivity index is 2.04. The second kappa shape index (κ2) is 3.35. The fourth-order valence-corrected chi connectivity index (χ4v) is 2.68. The molecule has 15 heavy (non-hydrogen) atoms. The van der Waals surface area contributed by atoms with Crippen molar-refractivity contribution in [2.75, 3.05) is 24.5 Å². The third-order valence-electron chi connectivity index (χ3n) is 3.24. The largest absolute Gasteiger partial charge is 0.365 e. The van der Waals surface area contributed by atoms with Crippen molar-refractivity contribution in [1.29, 1.82) is 0 Å². The van der Waals surface area contributed by atoms with Crippen LogP contribution in [0.25, 0.3) is 0 Å². The zero-order valence-electron chi connectivity index (χ0n) is 8.26. The van der Waals surface area contributed by atoms with Crippen molar-refractivity contribution in [2.45, 2.75) is 12.5 Å². The van der Waals surface area contributed by atoms with Crippen LogP contribution in [0, 0.1) is 5.82 Å². The van der Waals surface area contributed by atoms with E-state index >= 15 is 0 Å². The molecule has 1 saturated heterocycles. The van der Waals surface area contributed by atoms with Crippen LogP contribution in [0.15, 0.2) is 12.1 Å². The molecule has 1 aromatic rings. The van der Waals surface area contributed by atoms with Crippen LogP contribution in [0.1, 0.15) is 5.56 Å². The molecule has 2 aliphatic heterocycles. The van der Waals surface area contributed by atoms with Crippen LogP contribution in [0.2, 0.25) is 5.02 Å². The van der Waals surface area contributed by atoms with E-state index in [9.17, 15) is 4.39 Å². The van der Waals surface area contributed by atoms with Gasteiger partial charge in [0.15, 0.2) is 0 Å². The molecule has 1 aromatic carbocycles. The SMILES string of the molecule is Fc1cc2c(cc1Cl)N1CCNCC1C2. The molecule has 3 rings (SSSR count). The first-order chi connectivity index (χ1) is 7.25. The average molecular weight is 227 g/mol. The van der Waals surface area contributed by atoms with Gasteiger partial charge in [-0.1, -0.05) is 11.6 Å². The van der Waals surface area contributed by atoms with E-state index in [0.717, 1.165) is 37.3 Å². The van der Waals surface area contributed by atoms with Crippen molar-refractivity contribution in [3.63, 3.8) is 0 Å². The van der Waals surface area contributed by atoms with Gasteiger partial charge in [0.05, 0.1) is 5.02 Å². The predicted octanol–water partition coefficient (Wildman–Crippen LogP) is 1.81. The zero-order valence-corrected chi connectivity index (χ0v) is 9.02. The molecule has 2 aliphatic rings. The van der Waals surface area contributed by atoms with Gasteiger partial charge in [0.1, 0.15) is 5.82 Å². The minimum absolute atomic E-state index is 0.230. The molecule has 1 fully saturated rings. The lowest BCUT2D eigenvalue weighted by atomic mass is 10.1. The van der Waals surface area contributed by atoms with Gasteiger partial charge in [-0.15, -0.1) is 0 Å². The summed E-state index contributed by atoms with van der Waals surface area (Å²) in [5, 5.41) is 3.58. The number of anilines is 1. The zero-order chi connectivity index (χ0) is 10.4. The smallest absolute Gasteiger partial charge is 0.142 e. The molecular formula is C11H12ClFN2. The van der Waals surface area contributed by atoms with Crippen molar-refractivity contribution >= 4 is 17.3 Å². The molecule has 0 aromatic heterocycles. The Morgan fingerprint density at radius 3 is 3.20 bits per heavy atom. The molecule has 0 spiro atoms. The summed E-state index contributed by atoms with van der Waals surface area (Å²) >= 11 is 5.81. The van der Waals surface area contributed by atoms with Crippen molar-refractivity contribution in [3.05, 3.63) is 28.5 Å². The maximum atomic E-state index is 13.3. The maximum Gasteiger partial charge on any atom is 0.142 e. The normalized spacial score (nSPS) is 23.9. The van der Waals surface area contributed by atoms with Crippen molar-refractivity contribution < 1.29 is 4.39 Å². The van der Waals surface area contributed by atoms with Gasteiger partial charge >= 0.3 is 0 Å². The average Bonchev–Trinajstić information content (AvgIpc) is 2.57. The molecule has 2 nitrogen and oxygen atoms in total. The molecule has 0 saturated carbocycles. The van der Waals surface area contributed by atoms with Crippen LogP contribution < -0.4 is 10.2 Å². The van der Waals surface area contributed by atoms with Gasteiger partial charge in [-0.05, 0) is 24.1 Å². The number of fused-ring (bicyclic) bond motifs is 3. The molecule has 0 bridgehead atoms. The van der Waals surface area contributed by atoms with Gasteiger partial charge in [0.2, 0.25) is 0 Å². The molecule has 80 valence electrons. The number of piperazine rings is 1. The molecule has 0 radical (unpaired) electrons. The number of nitrogens with zero attached hydrogens (tertiary/aromatic N) is 1. The quantitative estimate of drug-likeness (QED) is 0.726. The first-order valence-corrected chi connectivity index (χ1v) is 5.59. The first kappa shape index (κ1) is 9.43. The lowest BCUT2D eigenvalue weighted by molar-refractivity contribution is 0.495. The van der Waals surface area contributed by atoms with Gasteiger partial charge in [-0.3, -0.25) is 0 Å². The monoisotopic (exact) mass is 226 g/mol. The third-order valence-corrected chi connectivity index (χ3v) is 3.53. The number of rotatable bonds is 0. The fraction of sp³-hybridized carbons (Fsp3) is 0.455. The highest BCUT2D eigenvalue weighted by atomic mass is 35.5. The minimum Gasteiger partial charge on any atom is -0.365 e. The number of hydrogen-bond donors (Lipinski definition) is 1. The van der Waals surface area contributed by atoms with E-state index in [1.165, 1.54) is 0 Å². The standard InChI is InChI=1S/C11H12ClFN2/c12-9-5-11-7(4-10(9)13)3-8-6-14-1-2-15(8)11/h4-5,8,14H,1-3,6H2. The van der Waals surface area contributed by atoms with E-state index in [4.69, 9.17) is 11.6 Å². The van der Waals surface area contributed by atoms with Crippen LogP contribution in [-0.2, 0) is 6.42 Å². The summed E-state index contributed by atoms with van der Waals surface area (Å²) in [7, 11) is 0. The second-order valence-corrected chi connectivity index (χ2v) is 4.56. The maximum absolute atomic E-state index is 13.3. The molecule has 4 heteroatoms. The highest BCUT2D eigenvalue weighted by Gasteiger charge is 2.31. The van der Waals surface area contributed by atoms with Crippen LogP contribution in [0.3, 0.4) is 0 Å². The van der Waals surface area contributed by atoms with Gasteiger partial charge in [-0.2, -0.15) is 0 Å². The number of nitrogens with one attached hydrogen (secondary N) is 1. The van der Waals surface area contributed by atoms with Gasteiger partial charge in [0, 0.05) is 31.4 Å². The van der Waals surface area contributed by atoms with Crippen LogP contribution in [0.4, 0.5) is 10.1 Å². The summed E-state index contributed by atoms with van der Waals surface area (Å²) in [6.45, 7) is 2.96. The highest BCUT2D eigenvalue weighted by molar-refractivity contribution is 6.31. The van der Waals surface area contributed by atoms with E-state index < -0.39 is 0 Å². The Bertz CT molecular complexity index is 408. The topological polar surface area (TPSA) is 15.3 Å². The number of hydrogen-bond acceptors (Lipinski definition) is 2.